The summed E-state index contributed by atoms with van der Waals surface area (Å²) in [5, 5.41) is 5.98. The molecule has 150 valence electrons. The molecule has 0 spiro atoms. The third-order valence-electron chi connectivity index (χ3n) is 4.18. The van der Waals surface area contributed by atoms with Crippen molar-refractivity contribution in [2.45, 2.75) is 44.2 Å². The van der Waals surface area contributed by atoms with Crippen molar-refractivity contribution >= 4 is 24.4 Å². The molecule has 2 aromatic rings. The van der Waals surface area contributed by atoms with Gasteiger partial charge in [-0.1, -0.05) is 6.07 Å². The van der Waals surface area contributed by atoms with Gasteiger partial charge < -0.3 is 24.8 Å². The Kier molecular flexibility index (Phi) is 5.93. The number of rotatable bonds is 4. The van der Waals surface area contributed by atoms with Gasteiger partial charge in [0.2, 0.25) is 0 Å². The van der Waals surface area contributed by atoms with E-state index in [-0.39, 0.29) is 11.4 Å². The lowest BCUT2D eigenvalue weighted by Crippen LogP contribution is -2.49. The van der Waals surface area contributed by atoms with Gasteiger partial charge in [-0.3, -0.25) is 0 Å². The molecule has 1 amide bonds. The number of hydrogen-bond donors (Lipinski definition) is 3. The van der Waals surface area contributed by atoms with Crippen LogP contribution in [0, 0.1) is 0 Å². The minimum Gasteiger partial charge on any atom is -0.497 e. The first-order chi connectivity index (χ1) is 13.2. The summed E-state index contributed by atoms with van der Waals surface area (Å²) in [7, 11) is 1.62. The van der Waals surface area contributed by atoms with Crippen molar-refractivity contribution in [1.29, 1.82) is 0 Å². The minimum absolute atomic E-state index is 0.210. The Morgan fingerprint density at radius 3 is 2.57 bits per heavy atom. The number of alkyl carbamates (subject to hydrolysis) is 1. The summed E-state index contributed by atoms with van der Waals surface area (Å²) in [6.07, 6.45) is 0.163. The standard InChI is InChI=1S/C21H26N2O4S/c1-21(2,3)27-20(24)23-18-11-13-10-16(8-9-17(13)22-19(18)28)26-15-7-5-6-14(12-15)25-4/h5-10,12,18-19,22,28H,11H2,1-4H3,(H,23,24)/t18-,19-/m1/s1. The molecule has 0 radical (unpaired) electrons. The third kappa shape index (κ3) is 5.25. The van der Waals surface area contributed by atoms with Crippen LogP contribution < -0.4 is 20.1 Å². The van der Waals surface area contributed by atoms with E-state index in [0.29, 0.717) is 17.9 Å². The Hall–Kier alpha value is -2.54. The van der Waals surface area contributed by atoms with Gasteiger partial charge in [0.25, 0.3) is 0 Å². The number of amides is 1. The van der Waals surface area contributed by atoms with E-state index in [9.17, 15) is 4.79 Å². The maximum Gasteiger partial charge on any atom is 0.407 e. The quantitative estimate of drug-likeness (QED) is 0.652. The topological polar surface area (TPSA) is 68.8 Å². The van der Waals surface area contributed by atoms with Crippen LogP contribution >= 0.6 is 12.6 Å². The third-order valence-corrected chi connectivity index (χ3v) is 4.67. The zero-order valence-corrected chi connectivity index (χ0v) is 17.4. The number of thiol groups is 1. The molecule has 28 heavy (non-hydrogen) atoms. The molecule has 0 saturated carbocycles. The average Bonchev–Trinajstić information content (AvgIpc) is 2.61. The second kappa shape index (κ2) is 8.22. The highest BCUT2D eigenvalue weighted by Gasteiger charge is 2.29. The number of hydrogen-bond acceptors (Lipinski definition) is 6. The van der Waals surface area contributed by atoms with E-state index >= 15 is 0 Å². The van der Waals surface area contributed by atoms with Crippen molar-refractivity contribution in [2.75, 3.05) is 12.4 Å². The smallest absolute Gasteiger partial charge is 0.407 e. The number of benzene rings is 2. The number of nitrogens with one attached hydrogen (secondary N) is 2. The molecule has 1 aliphatic heterocycles. The average molecular weight is 403 g/mol. The first-order valence-electron chi connectivity index (χ1n) is 9.12. The van der Waals surface area contributed by atoms with Crippen LogP contribution in [0.2, 0.25) is 0 Å². The van der Waals surface area contributed by atoms with Gasteiger partial charge in [0.15, 0.2) is 0 Å². The molecule has 0 aliphatic carbocycles. The Labute approximate surface area is 171 Å². The Bertz CT molecular complexity index is 851. The van der Waals surface area contributed by atoms with Crippen molar-refractivity contribution in [3.8, 4) is 17.2 Å². The SMILES string of the molecule is COc1cccc(Oc2ccc3c(c2)C[C@@H](NC(=O)OC(C)(C)C)[C@@H](S)N3)c1. The lowest BCUT2D eigenvalue weighted by Gasteiger charge is -2.33. The fourth-order valence-electron chi connectivity index (χ4n) is 2.94. The first-order valence-corrected chi connectivity index (χ1v) is 9.64. The van der Waals surface area contributed by atoms with Crippen LogP contribution in [0.3, 0.4) is 0 Å². The monoisotopic (exact) mass is 402 g/mol. The van der Waals surface area contributed by atoms with Crippen molar-refractivity contribution in [2.24, 2.45) is 0 Å². The summed E-state index contributed by atoms with van der Waals surface area (Å²) in [5.41, 5.74) is 1.46. The minimum atomic E-state index is -0.548. The highest BCUT2D eigenvalue weighted by atomic mass is 32.1. The second-order valence-electron chi connectivity index (χ2n) is 7.65. The molecule has 0 bridgehead atoms. The van der Waals surface area contributed by atoms with Gasteiger partial charge in [0.05, 0.1) is 18.5 Å². The number of carbonyl (C=O) groups excluding carboxylic acids is 1. The Morgan fingerprint density at radius 1 is 1.14 bits per heavy atom. The number of fused-ring (bicyclic) bond motifs is 1. The van der Waals surface area contributed by atoms with Crippen LogP contribution in [0.15, 0.2) is 42.5 Å². The molecule has 2 atom stereocenters. The van der Waals surface area contributed by atoms with Crippen molar-refractivity contribution in [1.82, 2.24) is 5.32 Å². The van der Waals surface area contributed by atoms with E-state index in [1.165, 1.54) is 0 Å². The molecule has 2 N–H and O–H groups in total. The highest BCUT2D eigenvalue weighted by Crippen LogP contribution is 2.32. The molecule has 7 heteroatoms. The van der Waals surface area contributed by atoms with Crippen LogP contribution in [0.1, 0.15) is 26.3 Å². The van der Waals surface area contributed by atoms with E-state index in [4.69, 9.17) is 14.2 Å². The maximum atomic E-state index is 12.1. The number of ether oxygens (including phenoxy) is 3. The number of methoxy groups -OCH3 is 1. The van der Waals surface area contributed by atoms with Gasteiger partial charge in [0, 0.05) is 11.8 Å². The summed E-state index contributed by atoms with van der Waals surface area (Å²) in [5.74, 6) is 2.14. The summed E-state index contributed by atoms with van der Waals surface area (Å²) in [4.78, 5) is 12.1. The second-order valence-corrected chi connectivity index (χ2v) is 8.20. The molecule has 0 saturated heterocycles. The fraction of sp³-hybridized carbons (Fsp3) is 0.381. The summed E-state index contributed by atoms with van der Waals surface area (Å²) in [6.45, 7) is 5.50. The summed E-state index contributed by atoms with van der Waals surface area (Å²) in [6, 6.07) is 13.0. The molecule has 1 aliphatic rings. The van der Waals surface area contributed by atoms with Gasteiger partial charge in [0.1, 0.15) is 22.8 Å². The van der Waals surface area contributed by atoms with Crippen LogP contribution in [0.4, 0.5) is 10.5 Å². The van der Waals surface area contributed by atoms with Crippen molar-refractivity contribution < 1.29 is 19.0 Å². The van der Waals surface area contributed by atoms with Crippen LogP contribution in [-0.2, 0) is 11.2 Å². The first kappa shape index (κ1) is 20.2. The van der Waals surface area contributed by atoms with Gasteiger partial charge in [-0.15, -0.1) is 0 Å². The van der Waals surface area contributed by atoms with Gasteiger partial charge in [-0.05, 0) is 63.1 Å². The molecular formula is C21H26N2O4S. The van der Waals surface area contributed by atoms with Gasteiger partial charge >= 0.3 is 6.09 Å². The molecule has 2 aromatic carbocycles. The lowest BCUT2D eigenvalue weighted by molar-refractivity contribution is 0.0504. The van der Waals surface area contributed by atoms with Crippen LogP contribution in [0.25, 0.3) is 0 Å². The van der Waals surface area contributed by atoms with E-state index < -0.39 is 11.7 Å². The fourth-order valence-corrected chi connectivity index (χ4v) is 3.26. The van der Waals surface area contributed by atoms with E-state index in [1.54, 1.807) is 7.11 Å². The molecule has 1 heterocycles. The maximum absolute atomic E-state index is 12.1. The number of anilines is 1. The normalized spacial score (nSPS) is 18.5. The lowest BCUT2D eigenvalue weighted by atomic mass is 9.99. The van der Waals surface area contributed by atoms with E-state index in [1.807, 2.05) is 63.2 Å². The van der Waals surface area contributed by atoms with Crippen molar-refractivity contribution in [3.05, 3.63) is 48.0 Å². The summed E-state index contributed by atoms with van der Waals surface area (Å²) >= 11 is 4.57. The Morgan fingerprint density at radius 2 is 1.86 bits per heavy atom. The molecule has 0 aromatic heterocycles. The highest BCUT2D eigenvalue weighted by molar-refractivity contribution is 7.81. The van der Waals surface area contributed by atoms with Gasteiger partial charge in [-0.2, -0.15) is 12.6 Å². The molecule has 6 nitrogen and oxygen atoms in total. The molecular weight excluding hydrogens is 376 g/mol. The van der Waals surface area contributed by atoms with Crippen molar-refractivity contribution in [3.63, 3.8) is 0 Å². The van der Waals surface area contributed by atoms with Crippen LogP contribution in [-0.4, -0.2) is 30.2 Å². The van der Waals surface area contributed by atoms with E-state index in [2.05, 4.69) is 23.3 Å². The predicted octanol–water partition coefficient (Wildman–Crippen LogP) is 4.60. The number of carbonyl (C=O) groups is 1. The largest absolute Gasteiger partial charge is 0.497 e. The zero-order valence-electron chi connectivity index (χ0n) is 16.5. The molecule has 0 unspecified atom stereocenters. The Balaban J connectivity index is 1.72. The predicted molar refractivity (Wildman–Crippen MR) is 113 cm³/mol. The summed E-state index contributed by atoms with van der Waals surface area (Å²) < 4.78 is 16.5. The molecule has 0 fully saturated rings. The van der Waals surface area contributed by atoms with Crippen LogP contribution in [0.5, 0.6) is 17.2 Å². The van der Waals surface area contributed by atoms with Gasteiger partial charge in [-0.25, -0.2) is 4.79 Å². The van der Waals surface area contributed by atoms with E-state index in [0.717, 1.165) is 17.0 Å². The zero-order chi connectivity index (χ0) is 20.3. The molecule has 3 rings (SSSR count).